The molecule has 0 radical (unpaired) electrons. The van der Waals surface area contributed by atoms with Gasteiger partial charge in [0.15, 0.2) is 0 Å². The summed E-state index contributed by atoms with van der Waals surface area (Å²) in [7, 11) is -4.07. The first-order valence-electron chi connectivity index (χ1n) is 8.38. The standard InChI is InChI=1S/C19H22N2O5S/c1-14(19(23)24)21(12-11-20-15(2)22)27(25,26)18-10-6-9-17(13-18)16-7-4-3-5-8-16/h3-10,13-14H,11-12H2,1-2H3,(H,20,22)(H,23,24). The molecule has 0 aliphatic rings. The first-order valence-corrected chi connectivity index (χ1v) is 9.82. The highest BCUT2D eigenvalue weighted by molar-refractivity contribution is 7.89. The largest absolute Gasteiger partial charge is 0.480 e. The maximum atomic E-state index is 13.1. The van der Waals surface area contributed by atoms with Crippen LogP contribution in [0.4, 0.5) is 0 Å². The Morgan fingerprint density at radius 1 is 1.07 bits per heavy atom. The molecule has 0 aliphatic heterocycles. The zero-order valence-corrected chi connectivity index (χ0v) is 15.9. The summed E-state index contributed by atoms with van der Waals surface area (Å²) >= 11 is 0. The highest BCUT2D eigenvalue weighted by atomic mass is 32.2. The molecule has 0 fully saturated rings. The maximum absolute atomic E-state index is 13.1. The van der Waals surface area contributed by atoms with Gasteiger partial charge in [-0.05, 0) is 30.2 Å². The lowest BCUT2D eigenvalue weighted by Gasteiger charge is -2.26. The van der Waals surface area contributed by atoms with Crippen LogP contribution in [0.1, 0.15) is 13.8 Å². The van der Waals surface area contributed by atoms with Gasteiger partial charge in [-0.25, -0.2) is 8.42 Å². The van der Waals surface area contributed by atoms with Crippen LogP contribution >= 0.6 is 0 Å². The summed E-state index contributed by atoms with van der Waals surface area (Å²) in [5.74, 6) is -1.58. The van der Waals surface area contributed by atoms with E-state index in [1.165, 1.54) is 26.0 Å². The maximum Gasteiger partial charge on any atom is 0.321 e. The van der Waals surface area contributed by atoms with E-state index in [0.29, 0.717) is 5.56 Å². The second-order valence-electron chi connectivity index (χ2n) is 6.01. The number of carbonyl (C=O) groups is 2. The summed E-state index contributed by atoms with van der Waals surface area (Å²) in [4.78, 5) is 22.5. The fourth-order valence-electron chi connectivity index (χ4n) is 2.59. The second kappa shape index (κ2) is 8.79. The third kappa shape index (κ3) is 5.15. The van der Waals surface area contributed by atoms with Gasteiger partial charge in [0.1, 0.15) is 6.04 Å². The minimum absolute atomic E-state index is 0.000205. The molecule has 7 nitrogen and oxygen atoms in total. The Morgan fingerprint density at radius 3 is 2.30 bits per heavy atom. The predicted octanol–water partition coefficient (Wildman–Crippen LogP) is 1.95. The molecule has 2 aromatic carbocycles. The molecule has 0 saturated heterocycles. The van der Waals surface area contributed by atoms with Crippen LogP contribution < -0.4 is 5.32 Å². The Balaban J connectivity index is 2.39. The Bertz CT molecular complexity index is 913. The van der Waals surface area contributed by atoms with Crippen molar-refractivity contribution in [2.24, 2.45) is 0 Å². The van der Waals surface area contributed by atoms with Crippen molar-refractivity contribution < 1.29 is 23.1 Å². The number of nitrogens with one attached hydrogen (secondary N) is 1. The van der Waals surface area contributed by atoms with Gasteiger partial charge in [0.2, 0.25) is 15.9 Å². The van der Waals surface area contributed by atoms with Crippen LogP contribution in [0.25, 0.3) is 11.1 Å². The second-order valence-corrected chi connectivity index (χ2v) is 7.90. The van der Waals surface area contributed by atoms with E-state index in [1.807, 2.05) is 30.3 Å². The summed E-state index contributed by atoms with van der Waals surface area (Å²) in [6.07, 6.45) is 0. The van der Waals surface area contributed by atoms with Crippen molar-refractivity contribution in [2.75, 3.05) is 13.1 Å². The number of rotatable bonds is 8. The summed E-state index contributed by atoms with van der Waals surface area (Å²) in [6, 6.07) is 14.4. The van der Waals surface area contributed by atoms with Crippen molar-refractivity contribution in [3.63, 3.8) is 0 Å². The third-order valence-corrected chi connectivity index (χ3v) is 6.01. The molecule has 2 N–H and O–H groups in total. The van der Waals surface area contributed by atoms with Crippen LogP contribution in [0.15, 0.2) is 59.5 Å². The molecular weight excluding hydrogens is 368 g/mol. The van der Waals surface area contributed by atoms with Gasteiger partial charge in [0, 0.05) is 20.0 Å². The number of carbonyl (C=O) groups excluding carboxylic acids is 1. The highest BCUT2D eigenvalue weighted by Gasteiger charge is 2.32. The van der Waals surface area contributed by atoms with E-state index in [9.17, 15) is 23.1 Å². The van der Waals surface area contributed by atoms with Crippen molar-refractivity contribution in [2.45, 2.75) is 24.8 Å². The Kier molecular flexibility index (Phi) is 6.70. The normalized spacial score (nSPS) is 12.6. The summed E-state index contributed by atoms with van der Waals surface area (Å²) in [6.45, 7) is 2.48. The van der Waals surface area contributed by atoms with Crippen LogP contribution in [-0.4, -0.2) is 48.8 Å². The molecule has 0 saturated carbocycles. The van der Waals surface area contributed by atoms with Crippen molar-refractivity contribution in [1.82, 2.24) is 9.62 Å². The van der Waals surface area contributed by atoms with Crippen LogP contribution in [0.3, 0.4) is 0 Å². The first-order chi connectivity index (χ1) is 12.7. The number of carboxylic acid groups (broad SMARTS) is 1. The minimum Gasteiger partial charge on any atom is -0.480 e. The monoisotopic (exact) mass is 390 g/mol. The fourth-order valence-corrected chi connectivity index (χ4v) is 4.22. The van der Waals surface area contributed by atoms with Crippen LogP contribution in [0.2, 0.25) is 0 Å². The number of amides is 1. The van der Waals surface area contributed by atoms with Gasteiger partial charge >= 0.3 is 5.97 Å². The summed E-state index contributed by atoms with van der Waals surface area (Å²) in [5.41, 5.74) is 1.56. The number of benzene rings is 2. The van der Waals surface area contributed by atoms with E-state index in [2.05, 4.69) is 5.32 Å². The van der Waals surface area contributed by atoms with Gasteiger partial charge in [-0.3, -0.25) is 9.59 Å². The van der Waals surface area contributed by atoms with Crippen molar-refractivity contribution in [3.8, 4) is 11.1 Å². The van der Waals surface area contributed by atoms with E-state index in [0.717, 1.165) is 9.87 Å². The molecule has 2 aromatic rings. The number of hydrogen-bond donors (Lipinski definition) is 2. The van der Waals surface area contributed by atoms with Gasteiger partial charge in [-0.1, -0.05) is 42.5 Å². The zero-order valence-electron chi connectivity index (χ0n) is 15.1. The van der Waals surface area contributed by atoms with Gasteiger partial charge < -0.3 is 10.4 Å². The molecule has 1 amide bonds. The van der Waals surface area contributed by atoms with Crippen LogP contribution in [-0.2, 0) is 19.6 Å². The fraction of sp³-hybridized carbons (Fsp3) is 0.263. The van der Waals surface area contributed by atoms with E-state index < -0.39 is 22.0 Å². The quantitative estimate of drug-likeness (QED) is 0.717. The van der Waals surface area contributed by atoms with E-state index in [4.69, 9.17) is 0 Å². The van der Waals surface area contributed by atoms with Gasteiger partial charge in [0.25, 0.3) is 0 Å². The lowest BCUT2D eigenvalue weighted by Crippen LogP contribution is -2.46. The number of nitrogens with zero attached hydrogens (tertiary/aromatic N) is 1. The van der Waals surface area contributed by atoms with Crippen molar-refractivity contribution >= 4 is 21.9 Å². The average Bonchev–Trinajstić information content (AvgIpc) is 2.65. The molecule has 0 aromatic heterocycles. The van der Waals surface area contributed by atoms with Crippen LogP contribution in [0.5, 0.6) is 0 Å². The smallest absolute Gasteiger partial charge is 0.321 e. The number of sulfonamides is 1. The molecular formula is C19H22N2O5S. The van der Waals surface area contributed by atoms with E-state index in [1.54, 1.807) is 12.1 Å². The van der Waals surface area contributed by atoms with Crippen molar-refractivity contribution in [1.29, 1.82) is 0 Å². The molecule has 0 bridgehead atoms. The predicted molar refractivity (Wildman–Crippen MR) is 102 cm³/mol. The molecule has 144 valence electrons. The number of carboxylic acids is 1. The zero-order chi connectivity index (χ0) is 20.0. The lowest BCUT2D eigenvalue weighted by atomic mass is 10.1. The first kappa shape index (κ1) is 20.6. The summed E-state index contributed by atoms with van der Waals surface area (Å²) in [5, 5.41) is 11.8. The molecule has 0 aliphatic carbocycles. The van der Waals surface area contributed by atoms with E-state index in [-0.39, 0.29) is 23.9 Å². The Morgan fingerprint density at radius 2 is 1.70 bits per heavy atom. The lowest BCUT2D eigenvalue weighted by molar-refractivity contribution is -0.140. The molecule has 2 rings (SSSR count). The molecule has 1 unspecified atom stereocenters. The SMILES string of the molecule is CC(=O)NCCN(C(C)C(=O)O)S(=O)(=O)c1cccc(-c2ccccc2)c1. The Hall–Kier alpha value is -2.71. The number of hydrogen-bond acceptors (Lipinski definition) is 4. The molecule has 0 heterocycles. The molecule has 8 heteroatoms. The van der Waals surface area contributed by atoms with Gasteiger partial charge in [-0.2, -0.15) is 4.31 Å². The minimum atomic E-state index is -4.07. The van der Waals surface area contributed by atoms with Gasteiger partial charge in [0.05, 0.1) is 4.90 Å². The van der Waals surface area contributed by atoms with E-state index >= 15 is 0 Å². The van der Waals surface area contributed by atoms with Crippen molar-refractivity contribution in [3.05, 3.63) is 54.6 Å². The molecule has 1 atom stereocenters. The molecule has 27 heavy (non-hydrogen) atoms. The summed E-state index contributed by atoms with van der Waals surface area (Å²) < 4.78 is 27.1. The highest BCUT2D eigenvalue weighted by Crippen LogP contribution is 2.25. The molecule has 0 spiro atoms. The third-order valence-electron chi connectivity index (χ3n) is 4.04. The van der Waals surface area contributed by atoms with Gasteiger partial charge in [-0.15, -0.1) is 0 Å². The Labute approximate surface area is 158 Å². The topological polar surface area (TPSA) is 104 Å². The number of aliphatic carboxylic acids is 1. The average molecular weight is 390 g/mol. The van der Waals surface area contributed by atoms with Crippen LogP contribution in [0, 0.1) is 0 Å².